The topological polar surface area (TPSA) is 36.7 Å². The lowest BCUT2D eigenvalue weighted by Crippen LogP contribution is -2.30. The zero-order chi connectivity index (χ0) is 19.9. The van der Waals surface area contributed by atoms with Gasteiger partial charge in [0.25, 0.3) is 0 Å². The molecule has 0 N–H and O–H groups in total. The number of benzene rings is 2. The number of amides is 1. The monoisotopic (exact) mass is 376 g/mol. The average Bonchev–Trinajstić information content (AvgIpc) is 3.23. The minimum Gasteiger partial charge on any atom is -0.469 e. The van der Waals surface area contributed by atoms with Crippen LogP contribution in [-0.2, 0) is 11.3 Å². The van der Waals surface area contributed by atoms with Crippen LogP contribution < -0.4 is 4.90 Å². The van der Waals surface area contributed by atoms with Gasteiger partial charge in [0.1, 0.15) is 5.76 Å². The molecule has 0 aliphatic heterocycles. The van der Waals surface area contributed by atoms with Crippen LogP contribution in [0.15, 0.2) is 77.4 Å². The second-order valence-electron chi connectivity index (χ2n) is 7.27. The van der Waals surface area contributed by atoms with Gasteiger partial charge in [0, 0.05) is 45.7 Å². The van der Waals surface area contributed by atoms with Crippen LogP contribution in [0.3, 0.4) is 0 Å². The van der Waals surface area contributed by atoms with Crippen molar-refractivity contribution in [3.05, 3.63) is 89.9 Å². The lowest BCUT2D eigenvalue weighted by atomic mass is 9.93. The largest absolute Gasteiger partial charge is 0.469 e. The summed E-state index contributed by atoms with van der Waals surface area (Å²) in [6.07, 6.45) is 2.52. The van der Waals surface area contributed by atoms with E-state index < -0.39 is 0 Å². The third kappa shape index (κ3) is 5.03. The fourth-order valence-corrected chi connectivity index (χ4v) is 3.40. The van der Waals surface area contributed by atoms with E-state index in [1.807, 2.05) is 49.3 Å². The van der Waals surface area contributed by atoms with E-state index in [0.717, 1.165) is 23.4 Å². The van der Waals surface area contributed by atoms with E-state index in [4.69, 9.17) is 4.42 Å². The number of carbonyl (C=O) groups excluding carboxylic acids is 1. The van der Waals surface area contributed by atoms with E-state index in [1.54, 1.807) is 13.2 Å². The van der Waals surface area contributed by atoms with Crippen LogP contribution in [0.4, 0.5) is 5.69 Å². The number of furan rings is 1. The molecule has 1 heterocycles. The maximum absolute atomic E-state index is 12.3. The molecule has 28 heavy (non-hydrogen) atoms. The van der Waals surface area contributed by atoms with Crippen molar-refractivity contribution in [2.24, 2.45) is 0 Å². The van der Waals surface area contributed by atoms with Gasteiger partial charge >= 0.3 is 0 Å². The van der Waals surface area contributed by atoms with Crippen LogP contribution in [0.2, 0.25) is 0 Å². The molecule has 0 saturated heterocycles. The molecule has 0 aliphatic carbocycles. The highest BCUT2D eigenvalue weighted by atomic mass is 16.3. The summed E-state index contributed by atoms with van der Waals surface area (Å²) >= 11 is 0. The summed E-state index contributed by atoms with van der Waals surface area (Å²) in [5.41, 5.74) is 3.49. The van der Waals surface area contributed by atoms with Gasteiger partial charge in [-0.05, 0) is 41.8 Å². The summed E-state index contributed by atoms with van der Waals surface area (Å²) in [7, 11) is 4.05. The van der Waals surface area contributed by atoms with Gasteiger partial charge in [-0.15, -0.1) is 0 Å². The number of anilines is 1. The quantitative estimate of drug-likeness (QED) is 0.560. The van der Waals surface area contributed by atoms with Crippen LogP contribution in [0, 0.1) is 0 Å². The Labute approximate surface area is 167 Å². The molecule has 4 heteroatoms. The van der Waals surface area contributed by atoms with Crippen LogP contribution in [0.1, 0.15) is 36.1 Å². The Hall–Kier alpha value is -3.01. The second-order valence-corrected chi connectivity index (χ2v) is 7.27. The van der Waals surface area contributed by atoms with Crippen molar-refractivity contribution in [2.45, 2.75) is 25.8 Å². The first-order valence-corrected chi connectivity index (χ1v) is 9.64. The van der Waals surface area contributed by atoms with Gasteiger partial charge in [0.2, 0.25) is 5.91 Å². The summed E-state index contributed by atoms with van der Waals surface area (Å²) in [6.45, 7) is 2.92. The Morgan fingerprint density at radius 3 is 2.25 bits per heavy atom. The van der Waals surface area contributed by atoms with Gasteiger partial charge in [-0.25, -0.2) is 0 Å². The van der Waals surface area contributed by atoms with Crippen LogP contribution in [0.25, 0.3) is 0 Å². The normalized spacial score (nSPS) is 11.8. The lowest BCUT2D eigenvalue weighted by Gasteiger charge is -2.24. The molecule has 0 aliphatic rings. The van der Waals surface area contributed by atoms with E-state index >= 15 is 0 Å². The molecule has 0 saturated carbocycles. The molecule has 3 rings (SSSR count). The Morgan fingerprint density at radius 2 is 1.68 bits per heavy atom. The van der Waals surface area contributed by atoms with Crippen LogP contribution >= 0.6 is 0 Å². The molecule has 1 aromatic heterocycles. The molecular formula is C24H28N2O2. The zero-order valence-electron chi connectivity index (χ0n) is 16.8. The summed E-state index contributed by atoms with van der Waals surface area (Å²) in [5, 5.41) is 0. The molecule has 3 aromatic rings. The first-order chi connectivity index (χ1) is 13.5. The second kappa shape index (κ2) is 9.27. The van der Waals surface area contributed by atoms with Crippen molar-refractivity contribution in [2.75, 3.05) is 25.5 Å². The Bertz CT molecular complexity index is 855. The number of rotatable bonds is 8. The van der Waals surface area contributed by atoms with Gasteiger partial charge in [-0.1, -0.05) is 42.5 Å². The first-order valence-electron chi connectivity index (χ1n) is 9.64. The maximum Gasteiger partial charge on any atom is 0.219 e. The standard InChI is InChI=1S/C24H28N2O2/c1-19(27)26(18-20-11-13-22(14-12-20)25(2)3)16-15-23(24-10-7-17-28-24)21-8-5-4-6-9-21/h4-14,17,23H,15-16,18H2,1-3H3/t23-/m1/s1. The minimum atomic E-state index is 0.0861. The molecular weight excluding hydrogens is 348 g/mol. The van der Waals surface area contributed by atoms with E-state index in [-0.39, 0.29) is 11.8 Å². The van der Waals surface area contributed by atoms with Gasteiger partial charge < -0.3 is 14.2 Å². The van der Waals surface area contributed by atoms with Gasteiger partial charge in [0.15, 0.2) is 0 Å². The highest BCUT2D eigenvalue weighted by molar-refractivity contribution is 5.73. The highest BCUT2D eigenvalue weighted by Crippen LogP contribution is 2.29. The predicted molar refractivity (Wildman–Crippen MR) is 113 cm³/mol. The predicted octanol–water partition coefficient (Wildman–Crippen LogP) is 4.92. The molecule has 0 radical (unpaired) electrons. The number of hydrogen-bond acceptors (Lipinski definition) is 3. The molecule has 4 nitrogen and oxygen atoms in total. The Balaban J connectivity index is 1.71. The van der Waals surface area contributed by atoms with E-state index in [2.05, 4.69) is 41.3 Å². The zero-order valence-corrected chi connectivity index (χ0v) is 16.8. The van der Waals surface area contributed by atoms with Gasteiger partial charge in [-0.3, -0.25) is 4.79 Å². The highest BCUT2D eigenvalue weighted by Gasteiger charge is 2.19. The van der Waals surface area contributed by atoms with Crippen LogP contribution in [0.5, 0.6) is 0 Å². The molecule has 2 aromatic carbocycles. The van der Waals surface area contributed by atoms with Crippen molar-refractivity contribution < 1.29 is 9.21 Å². The van der Waals surface area contributed by atoms with Crippen LogP contribution in [-0.4, -0.2) is 31.4 Å². The van der Waals surface area contributed by atoms with Crippen molar-refractivity contribution in [3.63, 3.8) is 0 Å². The SMILES string of the molecule is CC(=O)N(CC[C@H](c1ccccc1)c1ccco1)Cc1ccc(N(C)C)cc1. The van der Waals surface area contributed by atoms with Crippen molar-refractivity contribution in [3.8, 4) is 0 Å². The van der Waals surface area contributed by atoms with Gasteiger partial charge in [-0.2, -0.15) is 0 Å². The van der Waals surface area contributed by atoms with Crippen molar-refractivity contribution in [1.29, 1.82) is 0 Å². The summed E-state index contributed by atoms with van der Waals surface area (Å²) < 4.78 is 5.69. The fraction of sp³-hybridized carbons (Fsp3) is 0.292. The molecule has 0 bridgehead atoms. The van der Waals surface area contributed by atoms with E-state index in [1.165, 1.54) is 5.56 Å². The average molecular weight is 377 g/mol. The van der Waals surface area contributed by atoms with Crippen molar-refractivity contribution >= 4 is 11.6 Å². The van der Waals surface area contributed by atoms with Crippen molar-refractivity contribution in [1.82, 2.24) is 4.90 Å². The Morgan fingerprint density at radius 1 is 0.964 bits per heavy atom. The smallest absolute Gasteiger partial charge is 0.219 e. The fourth-order valence-electron chi connectivity index (χ4n) is 3.40. The molecule has 1 atom stereocenters. The summed E-state index contributed by atoms with van der Waals surface area (Å²) in [4.78, 5) is 16.2. The molecule has 0 unspecified atom stereocenters. The molecule has 1 amide bonds. The lowest BCUT2D eigenvalue weighted by molar-refractivity contribution is -0.129. The number of nitrogens with zero attached hydrogens (tertiary/aromatic N) is 2. The number of carbonyl (C=O) groups is 1. The minimum absolute atomic E-state index is 0.0861. The third-order valence-electron chi connectivity index (χ3n) is 5.05. The summed E-state index contributed by atoms with van der Waals surface area (Å²) in [5.74, 6) is 1.15. The first kappa shape index (κ1) is 19.7. The summed E-state index contributed by atoms with van der Waals surface area (Å²) in [6, 6.07) is 22.6. The Kier molecular flexibility index (Phi) is 6.53. The van der Waals surface area contributed by atoms with E-state index in [9.17, 15) is 4.79 Å². The molecule has 0 fully saturated rings. The molecule has 146 valence electrons. The third-order valence-corrected chi connectivity index (χ3v) is 5.05. The number of hydrogen-bond donors (Lipinski definition) is 0. The molecule has 0 spiro atoms. The van der Waals surface area contributed by atoms with Gasteiger partial charge in [0.05, 0.1) is 6.26 Å². The van der Waals surface area contributed by atoms with E-state index in [0.29, 0.717) is 13.1 Å². The maximum atomic E-state index is 12.3.